The number of benzene rings is 4. The molecule has 180 valence electrons. The van der Waals surface area contributed by atoms with Crippen LogP contribution in [0.15, 0.2) is 121 Å². The standard InChI is InChI=1S/C15H18NO.3C6H5.Sn/c17-15(14-9-12-6-7-13(14)8-12)16-10-11-4-2-1-3-5-11;3*1-2-4-6-5-3-1;/h1-5,9,12-14H,6-8,10H2,(H,16,17);3*1-5H;/t12-,13+,14-;;;;/m0..../s1. The molecule has 1 N–H and O–H groups in total. The predicted octanol–water partition coefficient (Wildman–Crippen LogP) is 4.89. The number of nitrogens with one attached hydrogen (secondary N) is 1. The zero-order valence-corrected chi connectivity index (χ0v) is 23.4. The van der Waals surface area contributed by atoms with E-state index in [0.29, 0.717) is 22.3 Å². The molecule has 2 aliphatic carbocycles. The van der Waals surface area contributed by atoms with E-state index in [0.717, 1.165) is 5.56 Å². The second-order valence-corrected chi connectivity index (χ2v) is 22.0. The van der Waals surface area contributed by atoms with Gasteiger partial charge < -0.3 is 0 Å². The van der Waals surface area contributed by atoms with Gasteiger partial charge >= 0.3 is 220 Å². The van der Waals surface area contributed by atoms with E-state index in [1.165, 1.54) is 30.0 Å². The molecule has 2 saturated carbocycles. The maximum atomic E-state index is 14.1. The molecular formula is C33H33NOSn. The minimum atomic E-state index is -3.64. The fraction of sp³-hybridized carbons (Fsp3) is 0.242. The molecule has 2 aliphatic rings. The number of hydrogen-bond donors (Lipinski definition) is 1. The van der Waals surface area contributed by atoms with Crippen molar-refractivity contribution in [1.29, 1.82) is 0 Å². The second kappa shape index (κ2) is 10.3. The zero-order chi connectivity index (χ0) is 24.4. The van der Waals surface area contributed by atoms with Crippen LogP contribution in [0, 0.1) is 17.8 Å². The van der Waals surface area contributed by atoms with Gasteiger partial charge in [0, 0.05) is 0 Å². The minimum absolute atomic E-state index is 0.0730. The average Bonchev–Trinajstić information content (AvgIpc) is 3.57. The van der Waals surface area contributed by atoms with E-state index in [1.807, 2.05) is 18.2 Å². The van der Waals surface area contributed by atoms with Gasteiger partial charge in [-0.2, -0.15) is 0 Å². The molecule has 1 amide bonds. The van der Waals surface area contributed by atoms with Crippen LogP contribution < -0.4 is 16.1 Å². The molecule has 2 bridgehead atoms. The monoisotopic (exact) mass is 579 g/mol. The molecule has 0 unspecified atom stereocenters. The van der Waals surface area contributed by atoms with Crippen molar-refractivity contribution >= 4 is 35.0 Å². The Labute approximate surface area is 218 Å². The molecule has 2 fully saturated rings. The van der Waals surface area contributed by atoms with Crippen LogP contribution in [0.25, 0.3) is 0 Å². The summed E-state index contributed by atoms with van der Waals surface area (Å²) in [6, 6.07) is 44.1. The summed E-state index contributed by atoms with van der Waals surface area (Å²) in [5.41, 5.74) is 1.16. The van der Waals surface area contributed by atoms with Crippen LogP contribution >= 0.6 is 0 Å². The Morgan fingerprint density at radius 1 is 0.639 bits per heavy atom. The summed E-state index contributed by atoms with van der Waals surface area (Å²) in [6.07, 6.45) is 3.63. The molecule has 36 heavy (non-hydrogen) atoms. The van der Waals surface area contributed by atoms with Gasteiger partial charge in [-0.05, 0) is 0 Å². The first-order valence-electron chi connectivity index (χ1n) is 13.3. The van der Waals surface area contributed by atoms with Gasteiger partial charge in [-0.1, -0.05) is 0 Å². The number of fused-ring (bicyclic) bond motifs is 2. The summed E-state index contributed by atoms with van der Waals surface area (Å²) < 4.78 is 4.87. The van der Waals surface area contributed by atoms with Crippen LogP contribution in [0.5, 0.6) is 0 Å². The Kier molecular flexibility index (Phi) is 6.71. The molecule has 0 saturated heterocycles. The zero-order valence-electron chi connectivity index (χ0n) is 20.6. The Balaban J connectivity index is 1.50. The molecule has 3 heteroatoms. The topological polar surface area (TPSA) is 29.1 Å². The first-order chi connectivity index (χ1) is 17.8. The molecular weight excluding hydrogens is 545 g/mol. The van der Waals surface area contributed by atoms with E-state index in [9.17, 15) is 4.79 Å². The quantitative estimate of drug-likeness (QED) is 0.311. The summed E-state index contributed by atoms with van der Waals surface area (Å²) >= 11 is -3.64. The van der Waals surface area contributed by atoms with Crippen molar-refractivity contribution in [3.05, 3.63) is 127 Å². The van der Waals surface area contributed by atoms with Gasteiger partial charge in [0.05, 0.1) is 0 Å². The number of amides is 1. The van der Waals surface area contributed by atoms with Gasteiger partial charge in [-0.25, -0.2) is 0 Å². The van der Waals surface area contributed by atoms with Crippen LogP contribution in [-0.4, -0.2) is 24.3 Å². The van der Waals surface area contributed by atoms with Crippen LogP contribution in [-0.2, 0) is 11.3 Å². The second-order valence-electron chi connectivity index (χ2n) is 10.5. The van der Waals surface area contributed by atoms with Crippen molar-refractivity contribution in [3.8, 4) is 0 Å². The predicted molar refractivity (Wildman–Crippen MR) is 150 cm³/mol. The van der Waals surface area contributed by atoms with E-state index >= 15 is 0 Å². The molecule has 2 nitrogen and oxygen atoms in total. The molecule has 4 atom stereocenters. The summed E-state index contributed by atoms with van der Waals surface area (Å²) in [5, 5.41) is 3.38. The van der Waals surface area contributed by atoms with Gasteiger partial charge in [0.15, 0.2) is 0 Å². The van der Waals surface area contributed by atoms with Gasteiger partial charge in [-0.15, -0.1) is 0 Å². The molecule has 0 aromatic heterocycles. The third-order valence-electron chi connectivity index (χ3n) is 8.72. The van der Waals surface area contributed by atoms with E-state index in [2.05, 4.69) is 108 Å². The number of rotatable bonds is 7. The van der Waals surface area contributed by atoms with Crippen molar-refractivity contribution in [3.63, 3.8) is 0 Å². The first-order valence-corrected chi connectivity index (χ1v) is 19.2. The SMILES string of the molecule is O=C(NCc1ccccc1)[C@@H]1[C@@H]2CC[C@@H](C2)[C@H]1[Sn]([c]1ccccc1)([c]1ccccc1)[c]1ccccc1. The van der Waals surface area contributed by atoms with Crippen molar-refractivity contribution in [2.24, 2.45) is 17.8 Å². The molecule has 0 aliphatic heterocycles. The van der Waals surface area contributed by atoms with Crippen molar-refractivity contribution in [2.45, 2.75) is 29.7 Å². The van der Waals surface area contributed by atoms with Crippen LogP contribution in [0.3, 0.4) is 0 Å². The fourth-order valence-corrected chi connectivity index (χ4v) is 25.3. The Morgan fingerprint density at radius 3 is 1.58 bits per heavy atom. The Morgan fingerprint density at radius 2 is 1.08 bits per heavy atom. The Hall–Kier alpha value is -2.85. The van der Waals surface area contributed by atoms with E-state index in [4.69, 9.17) is 0 Å². The van der Waals surface area contributed by atoms with Crippen LogP contribution in [0.4, 0.5) is 0 Å². The summed E-state index contributed by atoms with van der Waals surface area (Å²) in [7, 11) is 0. The van der Waals surface area contributed by atoms with E-state index < -0.39 is 18.4 Å². The van der Waals surface area contributed by atoms with Gasteiger partial charge in [0.1, 0.15) is 0 Å². The molecule has 0 heterocycles. The van der Waals surface area contributed by atoms with Crippen molar-refractivity contribution in [2.75, 3.05) is 0 Å². The number of hydrogen-bond acceptors (Lipinski definition) is 1. The molecule has 0 spiro atoms. The summed E-state index contributed by atoms with van der Waals surface area (Å²) in [6.45, 7) is 0.602. The van der Waals surface area contributed by atoms with Crippen molar-refractivity contribution in [1.82, 2.24) is 5.32 Å². The van der Waals surface area contributed by atoms with Gasteiger partial charge in [-0.3, -0.25) is 0 Å². The third kappa shape index (κ3) is 4.10. The molecule has 4 aromatic rings. The van der Waals surface area contributed by atoms with E-state index in [1.54, 1.807) is 0 Å². The number of carbonyl (C=O) groups is 1. The Bertz CT molecular complexity index is 1200. The van der Waals surface area contributed by atoms with Crippen LogP contribution in [0.2, 0.25) is 3.93 Å². The van der Waals surface area contributed by atoms with Crippen molar-refractivity contribution < 1.29 is 4.79 Å². The summed E-state index contributed by atoms with van der Waals surface area (Å²) in [4.78, 5) is 14.1. The van der Waals surface area contributed by atoms with Crippen LogP contribution in [0.1, 0.15) is 24.8 Å². The van der Waals surface area contributed by atoms with Gasteiger partial charge in [0.2, 0.25) is 0 Å². The first kappa shape index (κ1) is 23.5. The fourth-order valence-electron chi connectivity index (χ4n) is 7.37. The average molecular weight is 578 g/mol. The summed E-state index contributed by atoms with van der Waals surface area (Å²) in [5.74, 6) is 1.44. The molecule has 6 rings (SSSR count). The van der Waals surface area contributed by atoms with E-state index in [-0.39, 0.29) is 11.8 Å². The third-order valence-corrected chi connectivity index (χ3v) is 24.6. The van der Waals surface area contributed by atoms with Gasteiger partial charge in [0.25, 0.3) is 0 Å². The number of carbonyl (C=O) groups excluding carboxylic acids is 1. The maximum absolute atomic E-state index is 14.1. The molecule has 0 radical (unpaired) electrons. The normalized spacial score (nSPS) is 22.9. The molecule has 4 aromatic carbocycles.